The minimum Gasteiger partial charge on any atom is -0.369 e. The topological polar surface area (TPSA) is 18.5 Å². The maximum Gasteiger partial charge on any atom is 0.0511 e. The van der Waals surface area contributed by atoms with Gasteiger partial charge in [-0.3, -0.25) is 4.90 Å². The highest BCUT2D eigenvalue weighted by molar-refractivity contribution is 9.10. The van der Waals surface area contributed by atoms with Crippen molar-refractivity contribution in [3.8, 4) is 0 Å². The van der Waals surface area contributed by atoms with E-state index in [1.807, 2.05) is 7.05 Å². The van der Waals surface area contributed by atoms with Crippen molar-refractivity contribution in [2.45, 2.75) is 37.9 Å². The fraction of sp³-hybridized carbons (Fsp3) is 0.625. The average Bonchev–Trinajstić information content (AvgIpc) is 2.65. The zero-order valence-corrected chi connectivity index (χ0v) is 14.0. The van der Waals surface area contributed by atoms with Gasteiger partial charge in [0.25, 0.3) is 0 Å². The van der Waals surface area contributed by atoms with Crippen LogP contribution in [0.2, 0.25) is 0 Å². The number of likely N-dealkylation sites (N-methyl/N-ethyl adjacent to an activating group) is 1. The summed E-state index contributed by atoms with van der Waals surface area (Å²) in [5.41, 5.74) is 2.68. The van der Waals surface area contributed by atoms with Gasteiger partial charge < -0.3 is 10.2 Å². The first-order chi connectivity index (χ1) is 9.69. The van der Waals surface area contributed by atoms with Crippen LogP contribution in [0.25, 0.3) is 0 Å². The first-order valence-corrected chi connectivity index (χ1v) is 8.38. The molecule has 2 saturated heterocycles. The predicted molar refractivity (Wildman–Crippen MR) is 88.3 cm³/mol. The maximum absolute atomic E-state index is 3.76. The zero-order chi connectivity index (χ0) is 14.1. The van der Waals surface area contributed by atoms with Gasteiger partial charge in [-0.05, 0) is 67.0 Å². The molecule has 1 N–H and O–H groups in total. The van der Waals surface area contributed by atoms with Gasteiger partial charge in [-0.1, -0.05) is 6.07 Å². The van der Waals surface area contributed by atoms with Crippen LogP contribution in [-0.4, -0.2) is 44.2 Å². The normalized spacial score (nSPS) is 26.9. The molecule has 0 spiro atoms. The minimum absolute atomic E-state index is 0.728. The Morgan fingerprint density at radius 3 is 2.80 bits per heavy atom. The van der Waals surface area contributed by atoms with Crippen molar-refractivity contribution in [2.24, 2.45) is 0 Å². The van der Waals surface area contributed by atoms with E-state index < -0.39 is 0 Å². The Balaban J connectivity index is 1.79. The molecule has 4 heteroatoms. The van der Waals surface area contributed by atoms with Gasteiger partial charge >= 0.3 is 0 Å². The number of hydrogen-bond donors (Lipinski definition) is 1. The van der Waals surface area contributed by atoms with Crippen molar-refractivity contribution in [3.63, 3.8) is 0 Å². The molecular formula is C16H24BrN3. The third-order valence-electron chi connectivity index (χ3n) is 4.88. The summed E-state index contributed by atoms with van der Waals surface area (Å²) in [5.74, 6) is 0. The number of rotatable bonds is 3. The first-order valence-electron chi connectivity index (χ1n) is 7.59. The summed E-state index contributed by atoms with van der Waals surface area (Å²) in [4.78, 5) is 5.16. The lowest BCUT2D eigenvalue weighted by Crippen LogP contribution is -2.36. The van der Waals surface area contributed by atoms with E-state index in [4.69, 9.17) is 0 Å². The number of nitrogens with zero attached hydrogens (tertiary/aromatic N) is 2. The van der Waals surface area contributed by atoms with E-state index in [2.05, 4.69) is 56.3 Å². The molecule has 0 amide bonds. The molecular weight excluding hydrogens is 314 g/mol. The molecule has 2 atom stereocenters. The molecule has 2 aliphatic heterocycles. The molecule has 2 heterocycles. The van der Waals surface area contributed by atoms with Gasteiger partial charge in [-0.2, -0.15) is 0 Å². The fourth-order valence-electron chi connectivity index (χ4n) is 3.65. The Bertz CT molecular complexity index is 477. The molecule has 2 fully saturated rings. The summed E-state index contributed by atoms with van der Waals surface area (Å²) in [6.45, 7) is 3.26. The molecule has 2 bridgehead atoms. The molecule has 1 aromatic carbocycles. The third-order valence-corrected chi connectivity index (χ3v) is 5.52. The van der Waals surface area contributed by atoms with Crippen LogP contribution in [0.5, 0.6) is 0 Å². The average molecular weight is 338 g/mol. The van der Waals surface area contributed by atoms with E-state index in [0.29, 0.717) is 0 Å². The molecule has 1 aromatic rings. The number of halogens is 1. The second-order valence-electron chi connectivity index (χ2n) is 6.10. The van der Waals surface area contributed by atoms with Gasteiger partial charge in [0.1, 0.15) is 0 Å². The Labute approximate surface area is 130 Å². The molecule has 110 valence electrons. The van der Waals surface area contributed by atoms with Gasteiger partial charge in [0.05, 0.1) is 5.69 Å². The van der Waals surface area contributed by atoms with Crippen LogP contribution in [0.4, 0.5) is 5.69 Å². The smallest absolute Gasteiger partial charge is 0.0511 e. The summed E-state index contributed by atoms with van der Waals surface area (Å²) < 4.78 is 1.23. The summed E-state index contributed by atoms with van der Waals surface area (Å²) in [6, 6.07) is 8.29. The third kappa shape index (κ3) is 2.74. The molecule has 0 saturated carbocycles. The van der Waals surface area contributed by atoms with E-state index >= 15 is 0 Å². The van der Waals surface area contributed by atoms with Crippen molar-refractivity contribution in [2.75, 3.05) is 32.1 Å². The lowest BCUT2D eigenvalue weighted by molar-refractivity contribution is 0.254. The van der Waals surface area contributed by atoms with Crippen LogP contribution in [0, 0.1) is 0 Å². The highest BCUT2D eigenvalue weighted by atomic mass is 79.9. The summed E-state index contributed by atoms with van der Waals surface area (Å²) in [6.07, 6.45) is 4.03. The number of benzene rings is 1. The Morgan fingerprint density at radius 2 is 2.05 bits per heavy atom. The fourth-order valence-corrected chi connectivity index (χ4v) is 4.33. The Morgan fingerprint density at radius 1 is 1.25 bits per heavy atom. The summed E-state index contributed by atoms with van der Waals surface area (Å²) >= 11 is 3.76. The van der Waals surface area contributed by atoms with Crippen molar-refractivity contribution < 1.29 is 0 Å². The summed E-state index contributed by atoms with van der Waals surface area (Å²) in [5, 5.41) is 3.21. The molecule has 2 aliphatic rings. The molecule has 3 nitrogen and oxygen atoms in total. The lowest BCUT2D eigenvalue weighted by atomic mass is 10.1. The van der Waals surface area contributed by atoms with Crippen LogP contribution >= 0.6 is 15.9 Å². The van der Waals surface area contributed by atoms with Gasteiger partial charge in [0, 0.05) is 36.2 Å². The molecule has 3 rings (SSSR count). The molecule has 0 aliphatic carbocycles. The highest BCUT2D eigenvalue weighted by Gasteiger charge is 2.34. The number of hydrogen-bond acceptors (Lipinski definition) is 3. The van der Waals surface area contributed by atoms with E-state index in [-0.39, 0.29) is 0 Å². The first kappa shape index (κ1) is 14.4. The van der Waals surface area contributed by atoms with Gasteiger partial charge in [0.2, 0.25) is 0 Å². The SMILES string of the molecule is CNCc1ccc(N2CCC3CCC(C2)N3C)c(Br)c1. The van der Waals surface area contributed by atoms with Crippen LogP contribution < -0.4 is 10.2 Å². The molecule has 20 heavy (non-hydrogen) atoms. The van der Waals surface area contributed by atoms with Crippen molar-refractivity contribution >= 4 is 21.6 Å². The molecule has 0 aromatic heterocycles. The largest absolute Gasteiger partial charge is 0.369 e. The Kier molecular flexibility index (Phi) is 4.34. The van der Waals surface area contributed by atoms with E-state index in [1.54, 1.807) is 0 Å². The van der Waals surface area contributed by atoms with Gasteiger partial charge in [-0.25, -0.2) is 0 Å². The molecule has 0 radical (unpaired) electrons. The number of anilines is 1. The number of fused-ring (bicyclic) bond motifs is 2. The van der Waals surface area contributed by atoms with Crippen LogP contribution in [0.15, 0.2) is 22.7 Å². The molecule has 2 unspecified atom stereocenters. The van der Waals surface area contributed by atoms with Crippen molar-refractivity contribution in [3.05, 3.63) is 28.2 Å². The maximum atomic E-state index is 3.76. The second-order valence-corrected chi connectivity index (χ2v) is 6.96. The standard InChI is InChI=1S/C16H24BrN3/c1-18-10-12-3-6-16(15(17)9-12)20-8-7-13-4-5-14(11-20)19(13)2/h3,6,9,13-14,18H,4-5,7-8,10-11H2,1-2H3. The highest BCUT2D eigenvalue weighted by Crippen LogP contribution is 2.34. The summed E-state index contributed by atoms with van der Waals surface area (Å²) in [7, 11) is 4.29. The lowest BCUT2D eigenvalue weighted by Gasteiger charge is -2.28. The van der Waals surface area contributed by atoms with Crippen molar-refractivity contribution in [1.29, 1.82) is 0 Å². The Hall–Kier alpha value is -0.580. The number of nitrogens with one attached hydrogen (secondary N) is 1. The quantitative estimate of drug-likeness (QED) is 0.914. The van der Waals surface area contributed by atoms with Gasteiger partial charge in [0.15, 0.2) is 0 Å². The van der Waals surface area contributed by atoms with Crippen LogP contribution in [0.1, 0.15) is 24.8 Å². The zero-order valence-electron chi connectivity index (χ0n) is 12.4. The van der Waals surface area contributed by atoms with Crippen LogP contribution in [0.3, 0.4) is 0 Å². The second kappa shape index (κ2) is 6.04. The monoisotopic (exact) mass is 337 g/mol. The van der Waals surface area contributed by atoms with Gasteiger partial charge in [-0.15, -0.1) is 0 Å². The minimum atomic E-state index is 0.728. The van der Waals surface area contributed by atoms with E-state index in [1.165, 1.54) is 41.5 Å². The van der Waals surface area contributed by atoms with E-state index in [0.717, 1.165) is 25.2 Å². The van der Waals surface area contributed by atoms with Crippen molar-refractivity contribution in [1.82, 2.24) is 10.2 Å². The van der Waals surface area contributed by atoms with E-state index in [9.17, 15) is 0 Å². The van der Waals surface area contributed by atoms with Crippen LogP contribution in [-0.2, 0) is 6.54 Å². The predicted octanol–water partition coefficient (Wildman–Crippen LogP) is 2.84.